The second-order valence-electron chi connectivity index (χ2n) is 2.94. The van der Waals surface area contributed by atoms with Gasteiger partial charge in [0.05, 0.1) is 15.7 Å². The monoisotopic (exact) mass is 281 g/mol. The fraction of sp³-hybridized carbons (Fsp3) is 0.222. The van der Waals surface area contributed by atoms with E-state index in [2.05, 4.69) is 15.9 Å². The zero-order chi connectivity index (χ0) is 11.8. The number of benzene rings is 1. The Bertz CT molecular complexity index is 415. The zero-order valence-corrected chi connectivity index (χ0v) is 9.24. The van der Waals surface area contributed by atoms with Crippen LogP contribution in [-0.2, 0) is 6.18 Å². The number of nitrogen functional groups attached to an aromatic ring is 1. The van der Waals surface area contributed by atoms with Gasteiger partial charge < -0.3 is 5.73 Å². The molecule has 15 heavy (non-hydrogen) atoms. The lowest BCUT2D eigenvalue weighted by molar-refractivity contribution is -0.138. The second-order valence-corrected chi connectivity index (χ2v) is 3.74. The molecule has 0 aliphatic carbocycles. The van der Waals surface area contributed by atoms with Crippen molar-refractivity contribution >= 4 is 27.4 Å². The molecule has 0 heterocycles. The first-order chi connectivity index (χ1) is 6.75. The van der Waals surface area contributed by atoms with E-state index in [1.54, 1.807) is 0 Å². The van der Waals surface area contributed by atoms with Crippen LogP contribution in [0.4, 0.5) is 18.9 Å². The Morgan fingerprint density at radius 2 is 1.93 bits per heavy atom. The Hall–Kier alpha value is -1.04. The number of hydrogen-bond acceptors (Lipinski definition) is 2. The van der Waals surface area contributed by atoms with E-state index in [1.165, 1.54) is 6.92 Å². The SMILES string of the molecule is CC(=O)c1ccc(C(F)(F)F)c(Br)c1N. The predicted molar refractivity (Wildman–Crippen MR) is 53.6 cm³/mol. The minimum atomic E-state index is -4.48. The highest BCUT2D eigenvalue weighted by atomic mass is 79.9. The van der Waals surface area contributed by atoms with Crippen molar-refractivity contribution in [2.24, 2.45) is 0 Å². The van der Waals surface area contributed by atoms with Crippen LogP contribution < -0.4 is 5.73 Å². The summed E-state index contributed by atoms with van der Waals surface area (Å²) < 4.78 is 36.9. The van der Waals surface area contributed by atoms with Gasteiger partial charge >= 0.3 is 6.18 Å². The van der Waals surface area contributed by atoms with Gasteiger partial charge in [-0.05, 0) is 35.0 Å². The fourth-order valence-electron chi connectivity index (χ4n) is 1.12. The van der Waals surface area contributed by atoms with E-state index in [1.807, 2.05) is 0 Å². The number of halogens is 4. The van der Waals surface area contributed by atoms with Crippen LogP contribution >= 0.6 is 15.9 Å². The van der Waals surface area contributed by atoms with Crippen molar-refractivity contribution < 1.29 is 18.0 Å². The van der Waals surface area contributed by atoms with Gasteiger partial charge in [-0.1, -0.05) is 0 Å². The van der Waals surface area contributed by atoms with E-state index in [0.29, 0.717) is 0 Å². The van der Waals surface area contributed by atoms with Gasteiger partial charge in [0.15, 0.2) is 5.78 Å². The largest absolute Gasteiger partial charge is 0.417 e. The number of hydrogen-bond donors (Lipinski definition) is 1. The molecule has 0 aromatic heterocycles. The van der Waals surface area contributed by atoms with E-state index in [4.69, 9.17) is 5.73 Å². The smallest absolute Gasteiger partial charge is 0.397 e. The quantitative estimate of drug-likeness (QED) is 0.634. The molecule has 2 N–H and O–H groups in total. The van der Waals surface area contributed by atoms with Crippen molar-refractivity contribution in [3.8, 4) is 0 Å². The number of Topliss-reactive ketones (excluding diaryl/α,β-unsaturated/α-hetero) is 1. The number of rotatable bonds is 1. The molecule has 0 fully saturated rings. The van der Waals surface area contributed by atoms with Crippen LogP contribution in [0, 0.1) is 0 Å². The van der Waals surface area contributed by atoms with Crippen molar-refractivity contribution in [1.29, 1.82) is 0 Å². The fourth-order valence-corrected chi connectivity index (χ4v) is 1.69. The molecule has 0 saturated heterocycles. The van der Waals surface area contributed by atoms with E-state index >= 15 is 0 Å². The predicted octanol–water partition coefficient (Wildman–Crippen LogP) is 3.25. The van der Waals surface area contributed by atoms with Gasteiger partial charge in [0.2, 0.25) is 0 Å². The highest BCUT2D eigenvalue weighted by Crippen LogP contribution is 2.38. The third kappa shape index (κ3) is 2.31. The Kier molecular flexibility index (Phi) is 3.08. The summed E-state index contributed by atoms with van der Waals surface area (Å²) >= 11 is 2.74. The molecule has 1 rings (SSSR count). The molecule has 82 valence electrons. The minimum absolute atomic E-state index is 0.0786. The maximum absolute atomic E-state index is 12.4. The molecule has 0 saturated carbocycles. The molecular formula is C9H7BrF3NO. The standard InChI is InChI=1S/C9H7BrF3NO/c1-4(15)5-2-3-6(9(11,12)13)7(10)8(5)14/h2-3H,14H2,1H3. The molecule has 0 amide bonds. The molecule has 0 unspecified atom stereocenters. The van der Waals surface area contributed by atoms with E-state index in [-0.39, 0.29) is 21.5 Å². The maximum atomic E-state index is 12.4. The number of anilines is 1. The number of alkyl halides is 3. The first-order valence-corrected chi connectivity index (χ1v) is 4.70. The van der Waals surface area contributed by atoms with Gasteiger partial charge in [0.1, 0.15) is 0 Å². The molecule has 1 aromatic carbocycles. The van der Waals surface area contributed by atoms with Crippen LogP contribution in [0.25, 0.3) is 0 Å². The molecule has 0 aliphatic rings. The van der Waals surface area contributed by atoms with Gasteiger partial charge in [-0.15, -0.1) is 0 Å². The normalized spacial score (nSPS) is 11.5. The Balaban J connectivity index is 3.41. The topological polar surface area (TPSA) is 43.1 Å². The average Bonchev–Trinajstić information content (AvgIpc) is 2.06. The lowest BCUT2D eigenvalue weighted by Gasteiger charge is -2.12. The first-order valence-electron chi connectivity index (χ1n) is 3.91. The molecule has 0 aliphatic heterocycles. The van der Waals surface area contributed by atoms with Gasteiger partial charge in [-0.2, -0.15) is 13.2 Å². The molecule has 0 radical (unpaired) electrons. The summed E-state index contributed by atoms with van der Waals surface area (Å²) in [6, 6.07) is 1.91. The van der Waals surface area contributed by atoms with E-state index in [9.17, 15) is 18.0 Å². The van der Waals surface area contributed by atoms with Crippen molar-refractivity contribution in [3.63, 3.8) is 0 Å². The Morgan fingerprint density at radius 1 is 1.40 bits per heavy atom. The average molecular weight is 282 g/mol. The van der Waals surface area contributed by atoms with Gasteiger partial charge in [-0.3, -0.25) is 4.79 Å². The Labute approximate surface area is 92.4 Å². The molecule has 0 bridgehead atoms. The van der Waals surface area contributed by atoms with Crippen LogP contribution in [0.2, 0.25) is 0 Å². The summed E-state index contributed by atoms with van der Waals surface area (Å²) in [5, 5.41) is 0. The molecule has 2 nitrogen and oxygen atoms in total. The lowest BCUT2D eigenvalue weighted by atomic mass is 10.1. The van der Waals surface area contributed by atoms with Crippen molar-refractivity contribution in [2.75, 3.05) is 5.73 Å². The summed E-state index contributed by atoms with van der Waals surface area (Å²) in [6.07, 6.45) is -4.48. The Morgan fingerprint density at radius 3 is 2.33 bits per heavy atom. The van der Waals surface area contributed by atoms with Crippen LogP contribution in [0.5, 0.6) is 0 Å². The summed E-state index contributed by atoms with van der Waals surface area (Å²) in [6.45, 7) is 1.24. The zero-order valence-electron chi connectivity index (χ0n) is 7.65. The highest BCUT2D eigenvalue weighted by Gasteiger charge is 2.34. The van der Waals surface area contributed by atoms with E-state index < -0.39 is 11.7 Å². The summed E-state index contributed by atoms with van der Waals surface area (Å²) in [4.78, 5) is 11.0. The number of ketones is 1. The van der Waals surface area contributed by atoms with Gasteiger partial charge in [0, 0.05) is 5.56 Å². The van der Waals surface area contributed by atoms with Crippen LogP contribution in [-0.4, -0.2) is 5.78 Å². The van der Waals surface area contributed by atoms with E-state index in [0.717, 1.165) is 12.1 Å². The molecule has 6 heteroatoms. The van der Waals surface area contributed by atoms with Crippen molar-refractivity contribution in [1.82, 2.24) is 0 Å². The van der Waals surface area contributed by atoms with Crippen molar-refractivity contribution in [3.05, 3.63) is 27.7 Å². The van der Waals surface area contributed by atoms with Crippen LogP contribution in [0.1, 0.15) is 22.8 Å². The minimum Gasteiger partial charge on any atom is -0.397 e. The van der Waals surface area contributed by atoms with Crippen LogP contribution in [0.15, 0.2) is 16.6 Å². The van der Waals surface area contributed by atoms with Crippen LogP contribution in [0.3, 0.4) is 0 Å². The third-order valence-electron chi connectivity index (χ3n) is 1.86. The molecule has 0 atom stereocenters. The molecular weight excluding hydrogens is 275 g/mol. The molecule has 0 spiro atoms. The molecule has 1 aromatic rings. The summed E-state index contributed by atoms with van der Waals surface area (Å²) in [7, 11) is 0. The summed E-state index contributed by atoms with van der Waals surface area (Å²) in [5.74, 6) is -0.373. The number of carbonyl (C=O) groups excluding carboxylic acids is 1. The van der Waals surface area contributed by atoms with Crippen molar-refractivity contribution in [2.45, 2.75) is 13.1 Å². The first kappa shape index (κ1) is 12.0. The second kappa shape index (κ2) is 3.84. The summed E-state index contributed by atoms with van der Waals surface area (Å²) in [5.41, 5.74) is 4.42. The number of nitrogens with two attached hydrogens (primary N) is 1. The highest BCUT2D eigenvalue weighted by molar-refractivity contribution is 9.10. The van der Waals surface area contributed by atoms with Gasteiger partial charge in [-0.25, -0.2) is 0 Å². The third-order valence-corrected chi connectivity index (χ3v) is 2.72. The number of carbonyl (C=O) groups is 1. The lowest BCUT2D eigenvalue weighted by Crippen LogP contribution is -2.10. The maximum Gasteiger partial charge on any atom is 0.417 e. The van der Waals surface area contributed by atoms with Gasteiger partial charge in [0.25, 0.3) is 0 Å².